The van der Waals surface area contributed by atoms with E-state index in [4.69, 9.17) is 15.1 Å². The lowest BCUT2D eigenvalue weighted by Crippen LogP contribution is -2.38. The monoisotopic (exact) mass is 515 g/mol. The topological polar surface area (TPSA) is 79.2 Å². The summed E-state index contributed by atoms with van der Waals surface area (Å²) in [4.78, 5) is 28.4. The van der Waals surface area contributed by atoms with Crippen LogP contribution in [0.5, 0.6) is 0 Å². The molecular weight excluding hydrogens is 482 g/mol. The number of nitrogens with zero attached hydrogens (tertiary/aromatic N) is 6. The van der Waals surface area contributed by atoms with Crippen molar-refractivity contribution in [3.05, 3.63) is 66.1 Å². The Morgan fingerprint density at radius 2 is 1.78 bits per heavy atom. The first-order chi connectivity index (χ1) is 18.1. The number of thioether (sulfide) groups is 1. The van der Waals surface area contributed by atoms with Crippen molar-refractivity contribution in [3.63, 3.8) is 0 Å². The molecule has 0 bridgehead atoms. The molecule has 2 amide bonds. The molecule has 0 radical (unpaired) electrons. The van der Waals surface area contributed by atoms with Crippen LogP contribution in [0.4, 0.5) is 16.3 Å². The number of hydrogen-bond acceptors (Lipinski definition) is 6. The van der Waals surface area contributed by atoms with Gasteiger partial charge >= 0.3 is 6.03 Å². The number of rotatable bonds is 6. The molecule has 37 heavy (non-hydrogen) atoms. The highest BCUT2D eigenvalue weighted by Gasteiger charge is 2.25. The van der Waals surface area contributed by atoms with Crippen molar-refractivity contribution in [2.45, 2.75) is 38.0 Å². The zero-order valence-corrected chi connectivity index (χ0v) is 22.5. The predicted octanol–water partition coefficient (Wildman–Crippen LogP) is 5.54. The number of fused-ring (bicyclic) bond motifs is 1. The SMILES string of the molecule is CCCc1nc(N2CCCN(C(=O)Nc3ccc(SC)cc3)CC2)c2c(C)nn(-c3ccccc3)c2n1. The largest absolute Gasteiger partial charge is 0.354 e. The Kier molecular flexibility index (Phi) is 7.60. The molecule has 0 spiro atoms. The molecule has 0 unspecified atom stereocenters. The summed E-state index contributed by atoms with van der Waals surface area (Å²) in [6.07, 6.45) is 4.68. The predicted molar refractivity (Wildman–Crippen MR) is 151 cm³/mol. The quantitative estimate of drug-likeness (QED) is 0.340. The number of anilines is 2. The van der Waals surface area contributed by atoms with Crippen LogP contribution < -0.4 is 10.2 Å². The van der Waals surface area contributed by atoms with Crippen LogP contribution in [-0.4, -0.2) is 63.1 Å². The number of amides is 2. The fourth-order valence-corrected chi connectivity index (χ4v) is 5.14. The molecule has 0 saturated carbocycles. The van der Waals surface area contributed by atoms with Gasteiger partial charge in [0.15, 0.2) is 5.65 Å². The van der Waals surface area contributed by atoms with Crippen molar-refractivity contribution in [1.82, 2.24) is 24.6 Å². The average molecular weight is 516 g/mol. The smallest absolute Gasteiger partial charge is 0.321 e. The third-order valence-corrected chi connectivity index (χ3v) is 7.37. The summed E-state index contributed by atoms with van der Waals surface area (Å²) in [5.41, 5.74) is 3.54. The van der Waals surface area contributed by atoms with Gasteiger partial charge in [0.05, 0.1) is 16.8 Å². The van der Waals surface area contributed by atoms with Crippen LogP contribution >= 0.6 is 11.8 Å². The van der Waals surface area contributed by atoms with E-state index in [2.05, 4.69) is 17.1 Å². The van der Waals surface area contributed by atoms with E-state index in [1.807, 2.05) is 77.4 Å². The zero-order valence-electron chi connectivity index (χ0n) is 21.6. The second kappa shape index (κ2) is 11.2. The maximum Gasteiger partial charge on any atom is 0.321 e. The summed E-state index contributed by atoms with van der Waals surface area (Å²) in [5.74, 6) is 1.75. The van der Waals surface area contributed by atoms with Crippen LogP contribution in [0.3, 0.4) is 0 Å². The number of para-hydroxylation sites is 1. The van der Waals surface area contributed by atoms with Gasteiger partial charge in [-0.2, -0.15) is 5.10 Å². The molecule has 1 aliphatic rings. The molecular formula is C28H33N7OS. The number of benzene rings is 2. The molecule has 2 aromatic heterocycles. The van der Waals surface area contributed by atoms with E-state index in [-0.39, 0.29) is 6.03 Å². The fourth-order valence-electron chi connectivity index (χ4n) is 4.73. The van der Waals surface area contributed by atoms with Crippen LogP contribution in [0.2, 0.25) is 0 Å². The second-order valence-electron chi connectivity index (χ2n) is 9.23. The first-order valence-corrected chi connectivity index (χ1v) is 14.1. The van der Waals surface area contributed by atoms with E-state index in [1.165, 1.54) is 4.90 Å². The Labute approximate surface area is 222 Å². The minimum absolute atomic E-state index is 0.0636. The summed E-state index contributed by atoms with van der Waals surface area (Å²) in [7, 11) is 0. The molecule has 0 atom stereocenters. The van der Waals surface area contributed by atoms with E-state index in [0.717, 1.165) is 65.6 Å². The Morgan fingerprint density at radius 1 is 1.00 bits per heavy atom. The van der Waals surface area contributed by atoms with Crippen molar-refractivity contribution >= 4 is 40.3 Å². The lowest BCUT2D eigenvalue weighted by atomic mass is 10.2. The highest BCUT2D eigenvalue weighted by Crippen LogP contribution is 2.30. The van der Waals surface area contributed by atoms with Gasteiger partial charge in [-0.1, -0.05) is 25.1 Å². The number of nitrogens with one attached hydrogen (secondary N) is 1. The molecule has 192 valence electrons. The molecule has 1 N–H and O–H groups in total. The summed E-state index contributed by atoms with van der Waals surface area (Å²) in [5, 5.41) is 8.89. The second-order valence-corrected chi connectivity index (χ2v) is 10.1. The Morgan fingerprint density at radius 3 is 2.51 bits per heavy atom. The number of urea groups is 1. The number of hydrogen-bond donors (Lipinski definition) is 1. The molecule has 2 aromatic carbocycles. The fraction of sp³-hybridized carbons (Fsp3) is 0.357. The Hall–Kier alpha value is -3.59. The van der Waals surface area contributed by atoms with Gasteiger partial charge in [-0.3, -0.25) is 0 Å². The third-order valence-electron chi connectivity index (χ3n) is 6.63. The van der Waals surface area contributed by atoms with Crippen molar-refractivity contribution in [3.8, 4) is 5.69 Å². The summed E-state index contributed by atoms with van der Waals surface area (Å²) >= 11 is 1.69. The van der Waals surface area contributed by atoms with Crippen molar-refractivity contribution in [1.29, 1.82) is 0 Å². The average Bonchev–Trinajstić information content (AvgIpc) is 3.09. The highest BCUT2D eigenvalue weighted by atomic mass is 32.2. The van der Waals surface area contributed by atoms with E-state index in [0.29, 0.717) is 19.6 Å². The van der Waals surface area contributed by atoms with Crippen LogP contribution in [0.25, 0.3) is 16.7 Å². The highest BCUT2D eigenvalue weighted by molar-refractivity contribution is 7.98. The number of carbonyl (C=O) groups is 1. The minimum Gasteiger partial charge on any atom is -0.354 e. The van der Waals surface area contributed by atoms with E-state index < -0.39 is 0 Å². The molecule has 5 rings (SSSR count). The number of aryl methyl sites for hydroxylation is 2. The van der Waals surface area contributed by atoms with Gasteiger partial charge in [-0.15, -0.1) is 11.8 Å². The maximum absolute atomic E-state index is 13.0. The van der Waals surface area contributed by atoms with Gasteiger partial charge in [-0.25, -0.2) is 19.4 Å². The number of carbonyl (C=O) groups excluding carboxylic acids is 1. The van der Waals surface area contributed by atoms with Gasteiger partial charge in [0, 0.05) is 43.2 Å². The van der Waals surface area contributed by atoms with E-state index >= 15 is 0 Å². The normalized spacial score (nSPS) is 14.1. The minimum atomic E-state index is -0.0636. The van der Waals surface area contributed by atoms with Crippen molar-refractivity contribution in [2.24, 2.45) is 0 Å². The van der Waals surface area contributed by atoms with E-state index in [9.17, 15) is 4.79 Å². The molecule has 1 aliphatic heterocycles. The van der Waals surface area contributed by atoms with Gasteiger partial charge in [0.25, 0.3) is 0 Å². The molecule has 3 heterocycles. The molecule has 0 aliphatic carbocycles. The van der Waals surface area contributed by atoms with Crippen LogP contribution in [-0.2, 0) is 6.42 Å². The Balaban J connectivity index is 1.40. The first-order valence-electron chi connectivity index (χ1n) is 12.8. The van der Waals surface area contributed by atoms with Crippen molar-refractivity contribution in [2.75, 3.05) is 42.7 Å². The van der Waals surface area contributed by atoms with Crippen LogP contribution in [0.15, 0.2) is 59.5 Å². The first kappa shape index (κ1) is 25.1. The molecule has 1 saturated heterocycles. The van der Waals surface area contributed by atoms with Crippen LogP contribution in [0.1, 0.15) is 31.3 Å². The molecule has 8 nitrogen and oxygen atoms in total. The van der Waals surface area contributed by atoms with E-state index in [1.54, 1.807) is 11.8 Å². The summed E-state index contributed by atoms with van der Waals surface area (Å²) < 4.78 is 1.93. The molecule has 9 heteroatoms. The van der Waals surface area contributed by atoms with Crippen molar-refractivity contribution < 1.29 is 4.79 Å². The molecule has 1 fully saturated rings. The van der Waals surface area contributed by atoms with Gasteiger partial charge in [-0.05, 0) is 62.4 Å². The number of aromatic nitrogens is 4. The Bertz CT molecular complexity index is 1370. The third kappa shape index (κ3) is 5.41. The lowest BCUT2D eigenvalue weighted by Gasteiger charge is -2.24. The molecule has 4 aromatic rings. The maximum atomic E-state index is 13.0. The lowest BCUT2D eigenvalue weighted by molar-refractivity contribution is 0.215. The van der Waals surface area contributed by atoms with Gasteiger partial charge < -0.3 is 15.1 Å². The summed E-state index contributed by atoms with van der Waals surface area (Å²) in [6.45, 7) is 7.00. The summed E-state index contributed by atoms with van der Waals surface area (Å²) in [6, 6.07) is 18.0. The van der Waals surface area contributed by atoms with Gasteiger partial charge in [0.1, 0.15) is 11.6 Å². The van der Waals surface area contributed by atoms with Crippen LogP contribution in [0, 0.1) is 6.92 Å². The van der Waals surface area contributed by atoms with Gasteiger partial charge in [0.2, 0.25) is 0 Å². The standard InChI is InChI=1S/C28H33N7OS/c1-4-9-24-30-26(25-20(2)32-35(27(25)31-24)22-10-6-5-7-11-22)33-16-8-17-34(19-18-33)28(36)29-21-12-14-23(37-3)15-13-21/h5-7,10-15H,4,8-9,16-19H2,1-3H3,(H,29,36). The zero-order chi connectivity index (χ0) is 25.8.